The normalized spacial score (nSPS) is 11.4. The Morgan fingerprint density at radius 3 is 2.62 bits per heavy atom. The number of para-hydroxylation sites is 1. The van der Waals surface area contributed by atoms with Crippen LogP contribution in [0.5, 0.6) is 11.5 Å². The average Bonchev–Trinajstić information content (AvgIpc) is 2.72. The molecule has 3 aromatic rings. The van der Waals surface area contributed by atoms with Gasteiger partial charge in [-0.1, -0.05) is 18.2 Å². The van der Waals surface area contributed by atoms with E-state index in [1.165, 1.54) is 25.3 Å². The molecule has 1 amide bonds. The molecule has 1 N–H and O–H groups in total. The molecule has 1 atom stereocenters. The van der Waals surface area contributed by atoms with E-state index < -0.39 is 23.8 Å². The summed E-state index contributed by atoms with van der Waals surface area (Å²) in [5.74, 6) is -0.998. The number of hydrogen-bond acceptors (Lipinski definition) is 5. The smallest absolute Gasteiger partial charge is 0.342 e. The summed E-state index contributed by atoms with van der Waals surface area (Å²) in [6.45, 7) is 3.05. The molecule has 7 heteroatoms. The lowest BCUT2D eigenvalue weighted by molar-refractivity contribution is -0.123. The number of aromatic nitrogens is 1. The molecule has 6 nitrogen and oxygen atoms in total. The maximum atomic E-state index is 13.6. The van der Waals surface area contributed by atoms with Crippen LogP contribution in [-0.2, 0) is 9.53 Å². The van der Waals surface area contributed by atoms with Gasteiger partial charge in [0.25, 0.3) is 5.91 Å². The molecule has 3 rings (SSSR count). The second-order valence-electron chi connectivity index (χ2n) is 6.29. The molecule has 0 radical (unpaired) electrons. The van der Waals surface area contributed by atoms with Crippen LogP contribution in [0.15, 0.2) is 67.0 Å². The Labute approximate surface area is 167 Å². The highest BCUT2D eigenvalue weighted by Crippen LogP contribution is 2.25. The zero-order valence-corrected chi connectivity index (χ0v) is 15.9. The lowest BCUT2D eigenvalue weighted by atomic mass is 10.2. The molecule has 1 aromatic heterocycles. The third-order valence-corrected chi connectivity index (χ3v) is 4.06. The van der Waals surface area contributed by atoms with Gasteiger partial charge in [0.1, 0.15) is 22.9 Å². The molecule has 2 aromatic carbocycles. The molecule has 29 heavy (non-hydrogen) atoms. The second kappa shape index (κ2) is 8.97. The van der Waals surface area contributed by atoms with Gasteiger partial charge >= 0.3 is 5.97 Å². The van der Waals surface area contributed by atoms with E-state index in [-0.39, 0.29) is 17.0 Å². The van der Waals surface area contributed by atoms with Crippen molar-refractivity contribution in [3.05, 3.63) is 83.9 Å². The van der Waals surface area contributed by atoms with E-state index in [9.17, 15) is 14.0 Å². The lowest BCUT2D eigenvalue weighted by Gasteiger charge is -2.15. The third kappa shape index (κ3) is 5.16. The van der Waals surface area contributed by atoms with Crippen LogP contribution < -0.4 is 10.1 Å². The molecule has 148 valence electrons. The molecule has 0 fully saturated rings. The first kappa shape index (κ1) is 20.0. The fraction of sp³-hybridized carbons (Fsp3) is 0.136. The number of nitrogens with zero attached hydrogens (tertiary/aromatic N) is 1. The number of hydrogen-bond donors (Lipinski definition) is 1. The first-order valence-corrected chi connectivity index (χ1v) is 8.89. The van der Waals surface area contributed by atoms with Crippen LogP contribution in [0.3, 0.4) is 0 Å². The molecule has 0 spiro atoms. The van der Waals surface area contributed by atoms with Crippen molar-refractivity contribution >= 4 is 17.6 Å². The predicted octanol–water partition coefficient (Wildman–Crippen LogP) is 4.51. The standard InChI is InChI=1S/C22H19FN2O4/c1-14-9-10-16(12-19(14)23)25-21(26)15(2)28-22(27)18-7-3-4-8-20(18)29-17-6-5-11-24-13-17/h3-13,15H,1-2H3,(H,25,26). The highest BCUT2D eigenvalue weighted by Gasteiger charge is 2.22. The van der Waals surface area contributed by atoms with E-state index in [1.54, 1.807) is 55.6 Å². The van der Waals surface area contributed by atoms with E-state index in [0.717, 1.165) is 0 Å². The van der Waals surface area contributed by atoms with Crippen molar-refractivity contribution in [3.63, 3.8) is 0 Å². The van der Waals surface area contributed by atoms with E-state index in [0.29, 0.717) is 11.3 Å². The summed E-state index contributed by atoms with van der Waals surface area (Å²) in [5.41, 5.74) is 0.909. The summed E-state index contributed by atoms with van der Waals surface area (Å²) in [4.78, 5) is 28.8. The molecule has 0 saturated heterocycles. The molecule has 0 saturated carbocycles. The number of aryl methyl sites for hydroxylation is 1. The van der Waals surface area contributed by atoms with Gasteiger partial charge in [-0.05, 0) is 55.8 Å². The molecule has 0 aliphatic rings. The summed E-state index contributed by atoms with van der Waals surface area (Å²) >= 11 is 0. The number of anilines is 1. The van der Waals surface area contributed by atoms with Gasteiger partial charge < -0.3 is 14.8 Å². The van der Waals surface area contributed by atoms with Gasteiger partial charge in [-0.15, -0.1) is 0 Å². The van der Waals surface area contributed by atoms with Crippen molar-refractivity contribution in [2.24, 2.45) is 0 Å². The summed E-state index contributed by atoms with van der Waals surface area (Å²) < 4.78 is 24.6. The van der Waals surface area contributed by atoms with Crippen molar-refractivity contribution < 1.29 is 23.5 Å². The van der Waals surface area contributed by atoms with Gasteiger partial charge in [0, 0.05) is 11.9 Å². The third-order valence-electron chi connectivity index (χ3n) is 4.06. The van der Waals surface area contributed by atoms with Gasteiger partial charge in [-0.2, -0.15) is 0 Å². The Balaban J connectivity index is 1.68. The Hall–Kier alpha value is -3.74. The van der Waals surface area contributed by atoms with Crippen LogP contribution in [0.1, 0.15) is 22.8 Å². The molecular weight excluding hydrogens is 375 g/mol. The lowest BCUT2D eigenvalue weighted by Crippen LogP contribution is -2.30. The van der Waals surface area contributed by atoms with E-state index in [4.69, 9.17) is 9.47 Å². The Kier molecular flexibility index (Phi) is 6.19. The van der Waals surface area contributed by atoms with E-state index in [2.05, 4.69) is 10.3 Å². The van der Waals surface area contributed by atoms with Crippen molar-refractivity contribution in [3.8, 4) is 11.5 Å². The van der Waals surface area contributed by atoms with Crippen LogP contribution in [0.2, 0.25) is 0 Å². The fourth-order valence-electron chi connectivity index (χ4n) is 2.45. The van der Waals surface area contributed by atoms with Crippen LogP contribution in [0, 0.1) is 12.7 Å². The first-order valence-electron chi connectivity index (χ1n) is 8.89. The minimum Gasteiger partial charge on any atom is -0.455 e. The fourth-order valence-corrected chi connectivity index (χ4v) is 2.45. The predicted molar refractivity (Wildman–Crippen MR) is 105 cm³/mol. The number of carbonyl (C=O) groups is 2. The summed E-state index contributed by atoms with van der Waals surface area (Å²) in [5, 5.41) is 2.53. The molecule has 0 bridgehead atoms. The highest BCUT2D eigenvalue weighted by atomic mass is 19.1. The van der Waals surface area contributed by atoms with Crippen LogP contribution in [0.4, 0.5) is 10.1 Å². The van der Waals surface area contributed by atoms with Gasteiger partial charge in [-0.25, -0.2) is 9.18 Å². The van der Waals surface area contributed by atoms with Crippen molar-refractivity contribution in [1.29, 1.82) is 0 Å². The van der Waals surface area contributed by atoms with Crippen LogP contribution in [0.25, 0.3) is 0 Å². The number of benzene rings is 2. The van der Waals surface area contributed by atoms with Crippen molar-refractivity contribution in [1.82, 2.24) is 4.98 Å². The number of ether oxygens (including phenoxy) is 2. The SMILES string of the molecule is Cc1ccc(NC(=O)C(C)OC(=O)c2ccccc2Oc2cccnc2)cc1F. The zero-order valence-electron chi connectivity index (χ0n) is 15.9. The topological polar surface area (TPSA) is 77.5 Å². The number of nitrogens with one attached hydrogen (secondary N) is 1. The number of esters is 1. The number of rotatable bonds is 6. The Morgan fingerprint density at radius 2 is 1.90 bits per heavy atom. The number of carbonyl (C=O) groups excluding carboxylic acids is 2. The Morgan fingerprint density at radius 1 is 1.10 bits per heavy atom. The minimum atomic E-state index is -1.10. The van der Waals surface area contributed by atoms with Crippen LogP contribution in [-0.4, -0.2) is 23.0 Å². The van der Waals surface area contributed by atoms with Gasteiger partial charge in [0.2, 0.25) is 0 Å². The van der Waals surface area contributed by atoms with Gasteiger partial charge in [-0.3, -0.25) is 9.78 Å². The first-order chi connectivity index (χ1) is 13.9. The minimum absolute atomic E-state index is 0.164. The zero-order chi connectivity index (χ0) is 20.8. The summed E-state index contributed by atoms with van der Waals surface area (Å²) in [6, 6.07) is 14.3. The maximum Gasteiger partial charge on any atom is 0.342 e. The van der Waals surface area contributed by atoms with E-state index in [1.807, 2.05) is 0 Å². The molecule has 0 aliphatic heterocycles. The maximum absolute atomic E-state index is 13.6. The van der Waals surface area contributed by atoms with Crippen molar-refractivity contribution in [2.45, 2.75) is 20.0 Å². The number of halogens is 1. The Bertz CT molecular complexity index is 1020. The monoisotopic (exact) mass is 394 g/mol. The molecule has 1 heterocycles. The second-order valence-corrected chi connectivity index (χ2v) is 6.29. The highest BCUT2D eigenvalue weighted by molar-refractivity contribution is 5.98. The van der Waals surface area contributed by atoms with Crippen molar-refractivity contribution in [2.75, 3.05) is 5.32 Å². The molecule has 1 unspecified atom stereocenters. The number of amides is 1. The van der Waals surface area contributed by atoms with E-state index >= 15 is 0 Å². The average molecular weight is 394 g/mol. The quantitative estimate of drug-likeness (QED) is 0.623. The summed E-state index contributed by atoms with van der Waals surface area (Å²) in [7, 11) is 0. The largest absolute Gasteiger partial charge is 0.455 e. The summed E-state index contributed by atoms with van der Waals surface area (Å²) in [6.07, 6.45) is 2.02. The molecular formula is C22H19FN2O4. The van der Waals surface area contributed by atoms with Crippen LogP contribution >= 0.6 is 0 Å². The number of pyridine rings is 1. The van der Waals surface area contributed by atoms with Gasteiger partial charge in [0.05, 0.1) is 6.20 Å². The van der Waals surface area contributed by atoms with Gasteiger partial charge in [0.15, 0.2) is 6.10 Å². The molecule has 0 aliphatic carbocycles.